The van der Waals surface area contributed by atoms with Crippen molar-refractivity contribution in [3.8, 4) is 11.1 Å². The molecule has 1 atom stereocenters. The third-order valence-corrected chi connectivity index (χ3v) is 10.0. The van der Waals surface area contributed by atoms with E-state index in [1.165, 1.54) is 48.8 Å². The first-order valence-electron chi connectivity index (χ1n) is 15.5. The number of benzene rings is 2. The van der Waals surface area contributed by atoms with Crippen LogP contribution in [0.3, 0.4) is 0 Å². The van der Waals surface area contributed by atoms with Gasteiger partial charge in [0, 0.05) is 27.3 Å². The Morgan fingerprint density at radius 3 is 2.30 bits per heavy atom. The first-order valence-corrected chi connectivity index (χ1v) is 16.4. The van der Waals surface area contributed by atoms with Gasteiger partial charge < -0.3 is 10.1 Å². The fraction of sp³-hybridized carbons (Fsp3) is 0.432. The Morgan fingerprint density at radius 2 is 1.67 bits per heavy atom. The smallest absolute Gasteiger partial charge is 0.328 e. The number of hydrogen-bond donors (Lipinski definition) is 1. The molecule has 0 bridgehead atoms. The van der Waals surface area contributed by atoms with Crippen LogP contribution in [0.4, 0.5) is 0 Å². The fourth-order valence-electron chi connectivity index (χ4n) is 6.00. The molecule has 0 saturated heterocycles. The third-order valence-electron chi connectivity index (χ3n) is 8.63. The second-order valence-electron chi connectivity index (χ2n) is 13.3. The minimum atomic E-state index is -0.787. The van der Waals surface area contributed by atoms with Crippen LogP contribution < -0.4 is 5.32 Å². The molecule has 1 N–H and O–H groups in total. The van der Waals surface area contributed by atoms with Gasteiger partial charge >= 0.3 is 5.97 Å². The Morgan fingerprint density at radius 1 is 0.977 bits per heavy atom. The number of esters is 1. The second-order valence-corrected chi connectivity index (χ2v) is 14.5. The molecule has 5 nitrogen and oxygen atoms in total. The fourth-order valence-corrected chi connectivity index (χ4v) is 7.06. The Kier molecular flexibility index (Phi) is 9.36. The van der Waals surface area contributed by atoms with E-state index in [-0.39, 0.29) is 11.3 Å². The van der Waals surface area contributed by atoms with Crippen molar-refractivity contribution in [3.05, 3.63) is 87.4 Å². The van der Waals surface area contributed by atoms with E-state index in [0.29, 0.717) is 24.0 Å². The van der Waals surface area contributed by atoms with Crippen molar-refractivity contribution in [2.45, 2.75) is 90.5 Å². The molecule has 2 aromatic carbocycles. The van der Waals surface area contributed by atoms with Crippen molar-refractivity contribution >= 4 is 34.0 Å². The van der Waals surface area contributed by atoms with Crippen molar-refractivity contribution in [3.63, 3.8) is 0 Å². The average Bonchev–Trinajstić information content (AvgIpc) is 3.68. The molecule has 1 saturated carbocycles. The van der Waals surface area contributed by atoms with Gasteiger partial charge in [-0.15, -0.1) is 11.3 Å². The zero-order valence-corrected chi connectivity index (χ0v) is 27.1. The minimum Gasteiger partial charge on any atom is -0.467 e. The highest BCUT2D eigenvalue weighted by atomic mass is 32.1. The number of fused-ring (bicyclic) bond motifs is 1. The molecule has 1 aliphatic rings. The van der Waals surface area contributed by atoms with Crippen molar-refractivity contribution < 1.29 is 14.3 Å². The van der Waals surface area contributed by atoms with Crippen LogP contribution in [-0.2, 0) is 27.8 Å². The van der Waals surface area contributed by atoms with Crippen molar-refractivity contribution in [2.75, 3.05) is 7.11 Å². The van der Waals surface area contributed by atoms with E-state index in [0.717, 1.165) is 33.3 Å². The molecule has 4 aromatic rings. The maximum Gasteiger partial charge on any atom is 0.328 e. The number of amides is 1. The lowest BCUT2D eigenvalue weighted by atomic mass is 9.86. The number of rotatable bonds is 9. The molecule has 0 aliphatic heterocycles. The zero-order valence-electron chi connectivity index (χ0n) is 26.3. The summed E-state index contributed by atoms with van der Waals surface area (Å²) >= 11 is 1.67. The Hall–Kier alpha value is -3.51. The van der Waals surface area contributed by atoms with Gasteiger partial charge in [-0.2, -0.15) is 0 Å². The maximum absolute atomic E-state index is 13.6. The highest BCUT2D eigenvalue weighted by Gasteiger charge is 2.26. The molecule has 43 heavy (non-hydrogen) atoms. The quantitative estimate of drug-likeness (QED) is 0.196. The SMILES string of the molecule is COC(=O)C(Cc1ccc(C(C)C)s1)NC(=O)c1cc2ccc(-c3ccc(C(C)(C)C)cc3)cc2c(CC2CCCC2)n1. The average molecular weight is 597 g/mol. The molecular formula is C37H44N2O3S. The number of aromatic nitrogens is 1. The van der Waals surface area contributed by atoms with E-state index in [1.54, 1.807) is 11.3 Å². The van der Waals surface area contributed by atoms with E-state index >= 15 is 0 Å². The van der Waals surface area contributed by atoms with Crippen LogP contribution >= 0.6 is 11.3 Å². The summed E-state index contributed by atoms with van der Waals surface area (Å²) in [5.74, 6) is 0.170. The zero-order chi connectivity index (χ0) is 30.7. The summed E-state index contributed by atoms with van der Waals surface area (Å²) < 4.78 is 5.07. The number of hydrogen-bond acceptors (Lipinski definition) is 5. The third kappa shape index (κ3) is 7.35. The van der Waals surface area contributed by atoms with Crippen LogP contribution in [0.2, 0.25) is 0 Å². The van der Waals surface area contributed by atoms with Gasteiger partial charge in [0.25, 0.3) is 5.91 Å². The van der Waals surface area contributed by atoms with Crippen molar-refractivity contribution in [2.24, 2.45) is 5.92 Å². The normalized spacial score (nSPS) is 14.8. The molecule has 1 aliphatic carbocycles. The molecule has 0 spiro atoms. The van der Waals surface area contributed by atoms with E-state index in [1.807, 2.05) is 12.1 Å². The van der Waals surface area contributed by atoms with Gasteiger partial charge in [-0.1, -0.05) is 96.7 Å². The molecule has 5 rings (SSSR count). The van der Waals surface area contributed by atoms with Crippen LogP contribution in [0, 0.1) is 5.92 Å². The van der Waals surface area contributed by atoms with Crippen LogP contribution in [0.25, 0.3) is 21.9 Å². The summed E-state index contributed by atoms with van der Waals surface area (Å²) in [7, 11) is 1.36. The number of carbonyl (C=O) groups excluding carboxylic acids is 2. The van der Waals surface area contributed by atoms with Crippen LogP contribution in [0.5, 0.6) is 0 Å². The monoisotopic (exact) mass is 596 g/mol. The predicted molar refractivity (Wildman–Crippen MR) is 177 cm³/mol. The molecule has 1 amide bonds. The number of ether oxygens (including phenoxy) is 1. The molecule has 1 fully saturated rings. The van der Waals surface area contributed by atoms with E-state index < -0.39 is 12.0 Å². The second kappa shape index (κ2) is 13.0. The summed E-state index contributed by atoms with van der Waals surface area (Å²) in [5.41, 5.74) is 5.01. The summed E-state index contributed by atoms with van der Waals surface area (Å²) in [4.78, 5) is 33.6. The summed E-state index contributed by atoms with van der Waals surface area (Å²) in [5, 5.41) is 5.01. The van der Waals surface area contributed by atoms with Gasteiger partial charge in [0.2, 0.25) is 0 Å². The number of pyridine rings is 1. The first-order chi connectivity index (χ1) is 20.5. The minimum absolute atomic E-state index is 0.102. The van der Waals surface area contributed by atoms with E-state index in [4.69, 9.17) is 9.72 Å². The number of nitrogens with one attached hydrogen (secondary N) is 1. The lowest BCUT2D eigenvalue weighted by molar-refractivity contribution is -0.142. The Balaban J connectivity index is 1.46. The summed E-state index contributed by atoms with van der Waals surface area (Å²) in [6.45, 7) is 11.0. The van der Waals surface area contributed by atoms with Gasteiger partial charge in [-0.05, 0) is 70.0 Å². The van der Waals surface area contributed by atoms with Gasteiger partial charge in [0.1, 0.15) is 11.7 Å². The number of methoxy groups -OCH3 is 1. The lowest BCUT2D eigenvalue weighted by Crippen LogP contribution is -2.43. The van der Waals surface area contributed by atoms with Gasteiger partial charge in [-0.3, -0.25) is 4.79 Å². The van der Waals surface area contributed by atoms with Crippen LogP contribution in [-0.4, -0.2) is 30.0 Å². The molecule has 1 unspecified atom stereocenters. The maximum atomic E-state index is 13.6. The van der Waals surface area contributed by atoms with Crippen molar-refractivity contribution in [1.82, 2.24) is 10.3 Å². The predicted octanol–water partition coefficient (Wildman–Crippen LogP) is 8.63. The molecule has 6 heteroatoms. The first kappa shape index (κ1) is 30.9. The highest BCUT2D eigenvalue weighted by Crippen LogP contribution is 2.33. The van der Waals surface area contributed by atoms with E-state index in [9.17, 15) is 9.59 Å². The van der Waals surface area contributed by atoms with Gasteiger partial charge in [-0.25, -0.2) is 9.78 Å². The van der Waals surface area contributed by atoms with Gasteiger partial charge in [0.15, 0.2) is 0 Å². The molecular weight excluding hydrogens is 552 g/mol. The van der Waals surface area contributed by atoms with E-state index in [2.05, 4.69) is 88.5 Å². The Bertz CT molecular complexity index is 1590. The van der Waals surface area contributed by atoms with Crippen molar-refractivity contribution in [1.29, 1.82) is 0 Å². The summed E-state index contributed by atoms with van der Waals surface area (Å²) in [6.07, 6.45) is 6.11. The molecule has 0 radical (unpaired) electrons. The number of thiophene rings is 1. The van der Waals surface area contributed by atoms with Gasteiger partial charge in [0.05, 0.1) is 7.11 Å². The number of carbonyl (C=O) groups is 2. The molecule has 2 aromatic heterocycles. The Labute approximate surface area is 260 Å². The molecule has 226 valence electrons. The number of nitrogens with zero attached hydrogens (tertiary/aromatic N) is 1. The largest absolute Gasteiger partial charge is 0.467 e. The highest BCUT2D eigenvalue weighted by molar-refractivity contribution is 7.12. The lowest BCUT2D eigenvalue weighted by Gasteiger charge is -2.19. The van der Waals surface area contributed by atoms with Crippen LogP contribution in [0.1, 0.15) is 97.7 Å². The molecule has 2 heterocycles. The van der Waals surface area contributed by atoms with Crippen LogP contribution in [0.15, 0.2) is 60.7 Å². The standard InChI is InChI=1S/C37H44N2O3S/c1-23(2)34-18-17-29(43-34)22-33(36(41)42-6)39-35(40)32-21-27-12-11-26(25-13-15-28(16-14-25)37(3,4)5)20-30(27)31(38-32)19-24-9-7-8-10-24/h11-18,20-21,23-24,33H,7-10,19,22H2,1-6H3,(H,39,40). The summed E-state index contributed by atoms with van der Waals surface area (Å²) in [6, 6.07) is 20.4. The topological polar surface area (TPSA) is 68.3 Å².